The number of methoxy groups -OCH3 is 1. The van der Waals surface area contributed by atoms with E-state index in [1.54, 1.807) is 7.11 Å². The summed E-state index contributed by atoms with van der Waals surface area (Å²) in [4.78, 5) is 2.55. The van der Waals surface area contributed by atoms with Crippen LogP contribution in [0.15, 0.2) is 0 Å². The van der Waals surface area contributed by atoms with Gasteiger partial charge in [-0.15, -0.1) is 0 Å². The molecule has 2 bridgehead atoms. The van der Waals surface area contributed by atoms with Crippen molar-refractivity contribution < 1.29 is 9.84 Å². The molecule has 2 saturated heterocycles. The Kier molecular flexibility index (Phi) is 4.42. The molecular formula is C13H26N2O2. The van der Waals surface area contributed by atoms with Crippen LogP contribution in [0.5, 0.6) is 0 Å². The maximum atomic E-state index is 10.2. The van der Waals surface area contributed by atoms with E-state index in [9.17, 15) is 5.11 Å². The van der Waals surface area contributed by atoms with Crippen molar-refractivity contribution in [2.24, 2.45) is 5.92 Å². The van der Waals surface area contributed by atoms with Crippen LogP contribution in [-0.2, 0) is 4.74 Å². The van der Waals surface area contributed by atoms with E-state index in [1.165, 1.54) is 32.5 Å². The Morgan fingerprint density at radius 1 is 1.41 bits per heavy atom. The van der Waals surface area contributed by atoms with E-state index < -0.39 is 5.60 Å². The quantitative estimate of drug-likeness (QED) is 0.710. The zero-order chi connectivity index (χ0) is 12.3. The minimum absolute atomic E-state index is 0.600. The van der Waals surface area contributed by atoms with Gasteiger partial charge in [-0.3, -0.25) is 0 Å². The van der Waals surface area contributed by atoms with E-state index in [4.69, 9.17) is 4.74 Å². The fourth-order valence-electron chi connectivity index (χ4n) is 2.98. The molecule has 2 aliphatic rings. The lowest BCUT2D eigenvalue weighted by molar-refractivity contribution is 0.0197. The molecule has 4 nitrogen and oxygen atoms in total. The molecular weight excluding hydrogens is 216 g/mol. The second-order valence-electron chi connectivity index (χ2n) is 5.87. The van der Waals surface area contributed by atoms with Crippen LogP contribution in [0.3, 0.4) is 0 Å². The van der Waals surface area contributed by atoms with E-state index in [0.29, 0.717) is 25.6 Å². The van der Waals surface area contributed by atoms with Gasteiger partial charge in [0.15, 0.2) is 0 Å². The minimum atomic E-state index is -0.647. The van der Waals surface area contributed by atoms with E-state index in [0.717, 1.165) is 5.92 Å². The molecule has 0 aliphatic carbocycles. The summed E-state index contributed by atoms with van der Waals surface area (Å²) in [6, 6.07) is 0.600. The molecule has 0 saturated carbocycles. The number of nitrogens with zero attached hydrogens (tertiary/aromatic N) is 1. The molecule has 2 fully saturated rings. The van der Waals surface area contributed by atoms with E-state index in [1.807, 2.05) is 6.92 Å². The summed E-state index contributed by atoms with van der Waals surface area (Å²) in [5.41, 5.74) is -0.647. The van der Waals surface area contributed by atoms with E-state index in [2.05, 4.69) is 10.2 Å². The number of piperidine rings is 1. The zero-order valence-electron chi connectivity index (χ0n) is 11.1. The molecule has 4 heteroatoms. The predicted molar refractivity (Wildman–Crippen MR) is 68.1 cm³/mol. The van der Waals surface area contributed by atoms with Gasteiger partial charge in [0.2, 0.25) is 0 Å². The number of hydrogen-bond donors (Lipinski definition) is 2. The maximum absolute atomic E-state index is 10.2. The standard InChI is InChI=1S/C13H26N2O2/c1-13(16,5-8-17-2)10-14-12-4-7-15-6-3-11(12)9-15/h11-12,14,16H,3-10H2,1-2H3. The van der Waals surface area contributed by atoms with Crippen LogP contribution in [0.2, 0.25) is 0 Å². The smallest absolute Gasteiger partial charge is 0.0765 e. The molecule has 0 aromatic rings. The van der Waals surface area contributed by atoms with Crippen molar-refractivity contribution in [1.29, 1.82) is 0 Å². The lowest BCUT2D eigenvalue weighted by Crippen LogP contribution is -2.49. The molecule has 2 N–H and O–H groups in total. The van der Waals surface area contributed by atoms with Gasteiger partial charge in [0.25, 0.3) is 0 Å². The monoisotopic (exact) mass is 242 g/mol. The first-order chi connectivity index (χ1) is 8.11. The van der Waals surface area contributed by atoms with Crippen molar-refractivity contribution in [2.45, 2.75) is 37.8 Å². The third kappa shape index (κ3) is 3.65. The largest absolute Gasteiger partial charge is 0.389 e. The predicted octanol–water partition coefficient (Wildman–Crippen LogP) is 0.458. The Hall–Kier alpha value is -0.160. The van der Waals surface area contributed by atoms with Crippen LogP contribution in [0.25, 0.3) is 0 Å². The summed E-state index contributed by atoms with van der Waals surface area (Å²) in [6.07, 6.45) is 3.24. The number of nitrogens with one attached hydrogen (secondary N) is 1. The lowest BCUT2D eigenvalue weighted by atomic mass is 9.93. The van der Waals surface area contributed by atoms with Crippen LogP contribution >= 0.6 is 0 Å². The first kappa shape index (κ1) is 13.3. The van der Waals surface area contributed by atoms with Gasteiger partial charge in [0.1, 0.15) is 0 Å². The van der Waals surface area contributed by atoms with Gasteiger partial charge < -0.3 is 20.1 Å². The number of ether oxygens (including phenoxy) is 1. The third-order valence-electron chi connectivity index (χ3n) is 4.22. The molecule has 4 atom stereocenters. The molecule has 0 aromatic carbocycles. The van der Waals surface area contributed by atoms with Gasteiger partial charge >= 0.3 is 0 Å². The van der Waals surface area contributed by atoms with Crippen LogP contribution in [0, 0.1) is 5.92 Å². The summed E-state index contributed by atoms with van der Waals surface area (Å²) in [5, 5.41) is 13.8. The average molecular weight is 242 g/mol. The van der Waals surface area contributed by atoms with Crippen molar-refractivity contribution in [3.05, 3.63) is 0 Å². The van der Waals surface area contributed by atoms with Crippen molar-refractivity contribution in [1.82, 2.24) is 10.2 Å². The number of aliphatic hydroxyl groups is 1. The first-order valence-electron chi connectivity index (χ1n) is 6.78. The average Bonchev–Trinajstić information content (AvgIpc) is 2.68. The molecule has 0 amide bonds. The highest BCUT2D eigenvalue weighted by atomic mass is 16.5. The van der Waals surface area contributed by atoms with Gasteiger partial charge in [-0.05, 0) is 38.8 Å². The van der Waals surface area contributed by atoms with Gasteiger partial charge in [0.05, 0.1) is 5.60 Å². The molecule has 0 radical (unpaired) electrons. The van der Waals surface area contributed by atoms with Crippen molar-refractivity contribution in [3.63, 3.8) is 0 Å². The number of hydrogen-bond acceptors (Lipinski definition) is 4. The summed E-state index contributed by atoms with van der Waals surface area (Å²) >= 11 is 0. The Labute approximate surface area is 104 Å². The Morgan fingerprint density at radius 2 is 2.18 bits per heavy atom. The highest BCUT2D eigenvalue weighted by Crippen LogP contribution is 2.27. The van der Waals surface area contributed by atoms with Crippen LogP contribution in [-0.4, -0.2) is 61.5 Å². The third-order valence-corrected chi connectivity index (χ3v) is 4.22. The molecule has 2 rings (SSSR count). The van der Waals surface area contributed by atoms with Crippen LogP contribution < -0.4 is 5.32 Å². The van der Waals surface area contributed by atoms with Gasteiger partial charge in [-0.1, -0.05) is 0 Å². The zero-order valence-corrected chi connectivity index (χ0v) is 11.1. The number of rotatable bonds is 6. The normalized spacial score (nSPS) is 35.8. The topological polar surface area (TPSA) is 44.7 Å². The van der Waals surface area contributed by atoms with E-state index in [-0.39, 0.29) is 0 Å². The molecule has 100 valence electrons. The Balaban J connectivity index is 1.73. The van der Waals surface area contributed by atoms with Gasteiger partial charge in [0, 0.05) is 39.3 Å². The Bertz CT molecular complexity index is 246. The summed E-state index contributed by atoms with van der Waals surface area (Å²) < 4.78 is 5.02. The van der Waals surface area contributed by atoms with Gasteiger partial charge in [-0.25, -0.2) is 0 Å². The Morgan fingerprint density at radius 3 is 2.94 bits per heavy atom. The highest BCUT2D eigenvalue weighted by molar-refractivity contribution is 4.92. The van der Waals surface area contributed by atoms with Crippen molar-refractivity contribution in [2.75, 3.05) is 39.9 Å². The van der Waals surface area contributed by atoms with Crippen molar-refractivity contribution >= 4 is 0 Å². The lowest BCUT2D eigenvalue weighted by Gasteiger charge is -2.33. The maximum Gasteiger partial charge on any atom is 0.0765 e. The SMILES string of the molecule is COCCC(C)(O)CNC1CCN2CCC1C2. The molecule has 4 unspecified atom stereocenters. The fourth-order valence-corrected chi connectivity index (χ4v) is 2.98. The summed E-state index contributed by atoms with van der Waals surface area (Å²) in [6.45, 7) is 6.92. The van der Waals surface area contributed by atoms with Crippen LogP contribution in [0.1, 0.15) is 26.2 Å². The fraction of sp³-hybridized carbons (Fsp3) is 1.00. The summed E-state index contributed by atoms with van der Waals surface area (Å²) in [5.74, 6) is 0.793. The molecule has 17 heavy (non-hydrogen) atoms. The second-order valence-corrected chi connectivity index (χ2v) is 5.87. The summed E-state index contributed by atoms with van der Waals surface area (Å²) in [7, 11) is 1.68. The molecule has 2 heterocycles. The highest BCUT2D eigenvalue weighted by Gasteiger charge is 2.34. The van der Waals surface area contributed by atoms with Gasteiger partial charge in [-0.2, -0.15) is 0 Å². The van der Waals surface area contributed by atoms with Crippen molar-refractivity contribution in [3.8, 4) is 0 Å². The van der Waals surface area contributed by atoms with E-state index >= 15 is 0 Å². The molecule has 0 spiro atoms. The molecule has 0 aromatic heterocycles. The minimum Gasteiger partial charge on any atom is -0.389 e. The second kappa shape index (κ2) is 5.65. The molecule has 2 aliphatic heterocycles. The van der Waals surface area contributed by atoms with Crippen LogP contribution in [0.4, 0.5) is 0 Å². The first-order valence-corrected chi connectivity index (χ1v) is 6.78. The number of fused-ring (bicyclic) bond motifs is 2.